The molecule has 1 amide bonds. The number of amides is 1. The smallest absolute Gasteiger partial charge is 0.340 e. The molecule has 1 aliphatic rings. The van der Waals surface area contributed by atoms with Crippen LogP contribution in [-0.2, 0) is 14.3 Å². The molecule has 25 heavy (non-hydrogen) atoms. The average molecular weight is 418 g/mol. The van der Waals surface area contributed by atoms with E-state index >= 15 is 0 Å². The lowest BCUT2D eigenvalue weighted by molar-refractivity contribution is -0.136. The van der Waals surface area contributed by atoms with Crippen LogP contribution in [-0.4, -0.2) is 19.0 Å². The van der Waals surface area contributed by atoms with E-state index in [9.17, 15) is 9.59 Å². The Balaban J connectivity index is 2.16. The molecule has 2 heterocycles. The third kappa shape index (κ3) is 3.19. The van der Waals surface area contributed by atoms with E-state index in [-0.39, 0.29) is 5.91 Å². The number of nitrogens with zero attached hydrogens (tertiary/aromatic N) is 1. The number of thiophene rings is 1. The first-order valence-electron chi connectivity index (χ1n) is 7.59. The van der Waals surface area contributed by atoms with Crippen molar-refractivity contribution in [3.63, 3.8) is 0 Å². The molecule has 1 aromatic carbocycles. The highest BCUT2D eigenvalue weighted by Gasteiger charge is 2.38. The minimum Gasteiger partial charge on any atom is -0.465 e. The number of rotatable bonds is 3. The summed E-state index contributed by atoms with van der Waals surface area (Å²) in [6.07, 6.45) is 1.77. The molecule has 0 fully saturated rings. The van der Waals surface area contributed by atoms with Crippen LogP contribution in [0.3, 0.4) is 0 Å². The summed E-state index contributed by atoms with van der Waals surface area (Å²) < 4.78 is 5.78. The Labute approximate surface area is 158 Å². The van der Waals surface area contributed by atoms with Crippen LogP contribution in [0.4, 0.5) is 5.69 Å². The van der Waals surface area contributed by atoms with E-state index in [0.717, 1.165) is 14.9 Å². The number of carbonyl (C=O) groups excluding carboxylic acids is 2. The van der Waals surface area contributed by atoms with Gasteiger partial charge in [-0.25, -0.2) is 4.79 Å². The Hall–Kier alpha value is -2.18. The second kappa shape index (κ2) is 6.98. The summed E-state index contributed by atoms with van der Waals surface area (Å²) in [6, 6.07) is 9.39. The number of methoxy groups -OCH3 is 1. The molecule has 0 unspecified atom stereocenters. The van der Waals surface area contributed by atoms with Crippen LogP contribution >= 0.6 is 27.3 Å². The van der Waals surface area contributed by atoms with Crippen molar-refractivity contribution in [3.05, 3.63) is 67.5 Å². The van der Waals surface area contributed by atoms with Gasteiger partial charge in [0.15, 0.2) is 0 Å². The van der Waals surface area contributed by atoms with E-state index in [1.165, 1.54) is 18.4 Å². The quantitative estimate of drug-likeness (QED) is 0.537. The van der Waals surface area contributed by atoms with Gasteiger partial charge < -0.3 is 4.74 Å². The zero-order valence-electron chi connectivity index (χ0n) is 14.0. The number of carbonyl (C=O) groups is 2. The predicted molar refractivity (Wildman–Crippen MR) is 103 cm³/mol. The Morgan fingerprint density at radius 2 is 2.04 bits per heavy atom. The van der Waals surface area contributed by atoms with Gasteiger partial charge in [0.25, 0.3) is 5.91 Å². The molecule has 1 aromatic heterocycles. The van der Waals surface area contributed by atoms with Gasteiger partial charge in [-0.15, -0.1) is 11.3 Å². The molecule has 6 heteroatoms. The second-order valence-electron chi connectivity index (χ2n) is 5.60. The van der Waals surface area contributed by atoms with E-state index in [2.05, 4.69) is 15.9 Å². The normalized spacial score (nSPS) is 16.1. The van der Waals surface area contributed by atoms with Crippen LogP contribution in [0.5, 0.6) is 0 Å². The third-order valence-corrected chi connectivity index (χ3v) is 5.49. The molecule has 0 N–H and O–H groups in total. The molecule has 4 nitrogen and oxygen atoms in total. The zero-order chi connectivity index (χ0) is 18.1. The lowest BCUT2D eigenvalue weighted by Crippen LogP contribution is -2.24. The first kappa shape index (κ1) is 17.6. The number of ether oxygens (including phenoxy) is 1. The number of benzene rings is 1. The van der Waals surface area contributed by atoms with Crippen LogP contribution in [0.2, 0.25) is 0 Å². The molecule has 0 aliphatic carbocycles. The fourth-order valence-electron chi connectivity index (χ4n) is 2.77. The van der Waals surface area contributed by atoms with Gasteiger partial charge >= 0.3 is 5.97 Å². The van der Waals surface area contributed by atoms with E-state index < -0.39 is 5.97 Å². The monoisotopic (exact) mass is 417 g/mol. The number of hydrogen-bond donors (Lipinski definition) is 0. The summed E-state index contributed by atoms with van der Waals surface area (Å²) in [5.41, 5.74) is 2.99. The number of hydrogen-bond acceptors (Lipinski definition) is 4. The number of esters is 1. The third-order valence-electron chi connectivity index (χ3n) is 4.03. The number of aryl methyl sites for hydroxylation is 1. The fourth-order valence-corrected chi connectivity index (χ4v) is 4.02. The maximum atomic E-state index is 13.1. The molecule has 0 saturated carbocycles. The molecule has 0 spiro atoms. The SMILES string of the molecule is COC(=O)C1=C(C)N(c2cccc(Br)c2)C(=O)/C1=C\c1sccc1C. The second-order valence-corrected chi connectivity index (χ2v) is 7.46. The summed E-state index contributed by atoms with van der Waals surface area (Å²) in [5.74, 6) is -0.743. The van der Waals surface area contributed by atoms with Crippen LogP contribution in [0, 0.1) is 6.92 Å². The van der Waals surface area contributed by atoms with Crippen molar-refractivity contribution in [1.29, 1.82) is 0 Å². The highest BCUT2D eigenvalue weighted by atomic mass is 79.9. The lowest BCUT2D eigenvalue weighted by atomic mass is 10.1. The molecule has 3 rings (SSSR count). The highest BCUT2D eigenvalue weighted by molar-refractivity contribution is 9.10. The van der Waals surface area contributed by atoms with Crippen molar-refractivity contribution in [3.8, 4) is 0 Å². The molecular weight excluding hydrogens is 402 g/mol. The number of allylic oxidation sites excluding steroid dienone is 1. The maximum Gasteiger partial charge on any atom is 0.340 e. The van der Waals surface area contributed by atoms with Crippen molar-refractivity contribution >= 4 is 50.9 Å². The molecule has 0 saturated heterocycles. The molecule has 2 aromatic rings. The first-order chi connectivity index (χ1) is 11.9. The molecular formula is C19H16BrNO3S. The molecule has 0 radical (unpaired) electrons. The minimum atomic E-state index is -0.510. The summed E-state index contributed by atoms with van der Waals surface area (Å²) in [6.45, 7) is 3.73. The zero-order valence-corrected chi connectivity index (χ0v) is 16.4. The average Bonchev–Trinajstić information content (AvgIpc) is 3.09. The highest BCUT2D eigenvalue weighted by Crippen LogP contribution is 2.37. The standard InChI is InChI=1S/C19H16BrNO3S/c1-11-7-8-25-16(11)10-15-17(19(23)24-3)12(2)21(18(15)22)14-6-4-5-13(20)9-14/h4-10H,1-3H3/b15-10-. The van der Waals surface area contributed by atoms with Gasteiger partial charge in [0, 0.05) is 15.0 Å². The van der Waals surface area contributed by atoms with E-state index in [0.29, 0.717) is 22.5 Å². The van der Waals surface area contributed by atoms with Crippen LogP contribution in [0.1, 0.15) is 17.4 Å². The Morgan fingerprint density at radius 3 is 2.64 bits per heavy atom. The Bertz CT molecular complexity index is 926. The van der Waals surface area contributed by atoms with Gasteiger partial charge in [-0.2, -0.15) is 0 Å². The van der Waals surface area contributed by atoms with Crippen molar-refractivity contribution in [1.82, 2.24) is 0 Å². The summed E-state index contributed by atoms with van der Waals surface area (Å²) in [4.78, 5) is 27.9. The largest absolute Gasteiger partial charge is 0.465 e. The maximum absolute atomic E-state index is 13.1. The van der Waals surface area contributed by atoms with Crippen LogP contribution < -0.4 is 4.90 Å². The van der Waals surface area contributed by atoms with Crippen LogP contribution in [0.15, 0.2) is 57.0 Å². The van der Waals surface area contributed by atoms with Gasteiger partial charge in [-0.1, -0.05) is 22.0 Å². The Morgan fingerprint density at radius 1 is 1.28 bits per heavy atom. The fraction of sp³-hybridized carbons (Fsp3) is 0.158. The lowest BCUT2D eigenvalue weighted by Gasteiger charge is -2.18. The van der Waals surface area contributed by atoms with Gasteiger partial charge in [0.05, 0.1) is 23.9 Å². The number of halogens is 1. The van der Waals surface area contributed by atoms with Crippen molar-refractivity contribution < 1.29 is 14.3 Å². The summed E-state index contributed by atoms with van der Waals surface area (Å²) in [7, 11) is 1.32. The van der Waals surface area contributed by atoms with E-state index in [1.54, 1.807) is 17.9 Å². The first-order valence-corrected chi connectivity index (χ1v) is 9.26. The molecule has 1 aliphatic heterocycles. The van der Waals surface area contributed by atoms with Crippen molar-refractivity contribution in [2.45, 2.75) is 13.8 Å². The van der Waals surface area contributed by atoms with Crippen molar-refractivity contribution in [2.24, 2.45) is 0 Å². The molecule has 128 valence electrons. The van der Waals surface area contributed by atoms with Gasteiger partial charge in [0.1, 0.15) is 0 Å². The predicted octanol–water partition coefficient (Wildman–Crippen LogP) is 4.70. The summed E-state index contributed by atoms with van der Waals surface area (Å²) >= 11 is 4.95. The topological polar surface area (TPSA) is 46.6 Å². The van der Waals surface area contributed by atoms with Gasteiger partial charge in [-0.05, 0) is 55.1 Å². The molecule has 0 atom stereocenters. The molecule has 0 bridgehead atoms. The Kier molecular flexibility index (Phi) is 4.92. The van der Waals surface area contributed by atoms with Crippen LogP contribution in [0.25, 0.3) is 6.08 Å². The van der Waals surface area contributed by atoms with Gasteiger partial charge in [-0.3, -0.25) is 9.69 Å². The van der Waals surface area contributed by atoms with E-state index in [1.807, 2.05) is 42.6 Å². The minimum absolute atomic E-state index is 0.233. The summed E-state index contributed by atoms with van der Waals surface area (Å²) in [5, 5.41) is 1.96. The van der Waals surface area contributed by atoms with Crippen molar-refractivity contribution in [2.75, 3.05) is 12.0 Å². The number of anilines is 1. The van der Waals surface area contributed by atoms with E-state index in [4.69, 9.17) is 4.74 Å². The van der Waals surface area contributed by atoms with Gasteiger partial charge in [0.2, 0.25) is 0 Å².